The Hall–Kier alpha value is -3.76. The normalized spacial score (nSPS) is 11.2. The molecule has 11 heteroatoms. The first-order chi connectivity index (χ1) is 15.2. The molecule has 8 nitrogen and oxygen atoms in total. The van der Waals surface area contributed by atoms with Gasteiger partial charge in [-0.3, -0.25) is 9.59 Å². The fourth-order valence-electron chi connectivity index (χ4n) is 2.56. The lowest BCUT2D eigenvalue weighted by atomic mass is 10.1. The minimum absolute atomic E-state index is 0.0517. The van der Waals surface area contributed by atoms with Crippen LogP contribution in [0.25, 0.3) is 0 Å². The van der Waals surface area contributed by atoms with E-state index in [0.29, 0.717) is 24.5 Å². The number of benzene rings is 2. The van der Waals surface area contributed by atoms with Crippen LogP contribution in [0.3, 0.4) is 0 Å². The Kier molecular flexibility index (Phi) is 8.87. The molecule has 0 aromatic heterocycles. The van der Waals surface area contributed by atoms with Crippen molar-refractivity contribution in [2.24, 2.45) is 5.16 Å². The van der Waals surface area contributed by atoms with Crippen LogP contribution in [-0.2, 0) is 27.0 Å². The second kappa shape index (κ2) is 11.6. The minimum atomic E-state index is -4.52. The average Bonchev–Trinajstić information content (AvgIpc) is 2.76. The highest BCUT2D eigenvalue weighted by atomic mass is 19.4. The summed E-state index contributed by atoms with van der Waals surface area (Å²) in [6.07, 6.45) is -3.27. The summed E-state index contributed by atoms with van der Waals surface area (Å²) >= 11 is 0. The van der Waals surface area contributed by atoms with Crippen molar-refractivity contribution >= 4 is 23.7 Å². The van der Waals surface area contributed by atoms with E-state index in [4.69, 9.17) is 14.3 Å². The maximum atomic E-state index is 12.7. The van der Waals surface area contributed by atoms with Gasteiger partial charge in [-0.2, -0.15) is 13.2 Å². The summed E-state index contributed by atoms with van der Waals surface area (Å²) in [7, 11) is 3.07. The lowest BCUT2D eigenvalue weighted by Crippen LogP contribution is -2.29. The number of carbonyl (C=O) groups excluding carboxylic acids is 2. The van der Waals surface area contributed by atoms with Gasteiger partial charge in [-0.05, 0) is 42.3 Å². The van der Waals surface area contributed by atoms with Crippen LogP contribution in [0.1, 0.15) is 11.1 Å². The molecule has 2 N–H and O–H groups in total. The van der Waals surface area contributed by atoms with E-state index in [1.54, 1.807) is 12.1 Å². The maximum absolute atomic E-state index is 12.7. The van der Waals surface area contributed by atoms with Crippen molar-refractivity contribution in [1.29, 1.82) is 0 Å². The Morgan fingerprint density at radius 1 is 1.06 bits per heavy atom. The molecule has 2 amide bonds. The Bertz CT molecular complexity index is 964. The predicted octanol–water partition coefficient (Wildman–Crippen LogP) is 3.02. The number of amides is 2. The molecule has 0 bridgehead atoms. The minimum Gasteiger partial charge on any atom is -0.493 e. The van der Waals surface area contributed by atoms with Crippen LogP contribution in [0.4, 0.5) is 18.9 Å². The van der Waals surface area contributed by atoms with Gasteiger partial charge < -0.3 is 24.9 Å². The number of nitrogens with one attached hydrogen (secondary N) is 2. The summed E-state index contributed by atoms with van der Waals surface area (Å²) in [5.74, 6) is -0.0832. The fraction of sp³-hybridized carbons (Fsp3) is 0.286. The summed E-state index contributed by atoms with van der Waals surface area (Å²) in [6.45, 7) is -0.101. The number of carbonyl (C=O) groups is 2. The molecule has 2 aromatic rings. The van der Waals surface area contributed by atoms with Crippen LogP contribution in [0.15, 0.2) is 47.6 Å². The first-order valence-electron chi connectivity index (χ1n) is 9.34. The highest BCUT2D eigenvalue weighted by Crippen LogP contribution is 2.30. The molecule has 0 atom stereocenters. The van der Waals surface area contributed by atoms with Crippen LogP contribution in [0, 0.1) is 0 Å². The standard InChI is InChI=1S/C21H22F3N3O5/c1-30-17-7-6-14(10-18(17)31-2)8-9-25-20(29)13-32-26-12-19(28)27-16-5-3-4-15(11-16)21(22,23)24/h3-7,10-12H,8-9,13H2,1-2H3,(H,25,29)(H,27,28)/b26-12-. The van der Waals surface area contributed by atoms with E-state index in [2.05, 4.69) is 15.8 Å². The summed E-state index contributed by atoms with van der Waals surface area (Å²) in [6, 6.07) is 9.55. The zero-order valence-corrected chi connectivity index (χ0v) is 17.4. The molecule has 0 heterocycles. The maximum Gasteiger partial charge on any atom is 0.416 e. The van der Waals surface area contributed by atoms with E-state index in [0.717, 1.165) is 23.9 Å². The third-order valence-electron chi connectivity index (χ3n) is 4.08. The number of rotatable bonds is 10. The molecule has 0 saturated heterocycles. The van der Waals surface area contributed by atoms with Gasteiger partial charge in [0.15, 0.2) is 18.1 Å². The van der Waals surface area contributed by atoms with E-state index in [1.807, 2.05) is 6.07 Å². The van der Waals surface area contributed by atoms with Crippen LogP contribution in [0.2, 0.25) is 0 Å². The zero-order chi connectivity index (χ0) is 23.6. The van der Waals surface area contributed by atoms with Gasteiger partial charge in [0.2, 0.25) is 0 Å². The zero-order valence-electron chi connectivity index (χ0n) is 17.4. The molecule has 0 aliphatic heterocycles. The molecule has 0 saturated carbocycles. The van der Waals surface area contributed by atoms with Crippen LogP contribution >= 0.6 is 0 Å². The van der Waals surface area contributed by atoms with Gasteiger partial charge in [0.05, 0.1) is 19.8 Å². The highest BCUT2D eigenvalue weighted by molar-refractivity contribution is 6.31. The largest absolute Gasteiger partial charge is 0.493 e. The second-order valence-corrected chi connectivity index (χ2v) is 6.37. The molecule has 32 heavy (non-hydrogen) atoms. The summed E-state index contributed by atoms with van der Waals surface area (Å²) in [5, 5.41) is 8.19. The Balaban J connectivity index is 1.71. The highest BCUT2D eigenvalue weighted by Gasteiger charge is 2.30. The molecule has 2 aromatic carbocycles. The number of oxime groups is 1. The number of hydrogen-bond donors (Lipinski definition) is 2. The van der Waals surface area contributed by atoms with E-state index in [-0.39, 0.29) is 5.69 Å². The van der Waals surface area contributed by atoms with Crippen LogP contribution < -0.4 is 20.1 Å². The lowest BCUT2D eigenvalue weighted by molar-refractivity contribution is -0.137. The van der Waals surface area contributed by atoms with Gasteiger partial charge in [0.1, 0.15) is 6.21 Å². The molecular weight excluding hydrogens is 431 g/mol. The molecule has 0 unspecified atom stereocenters. The first kappa shape index (κ1) is 24.5. The van der Waals surface area contributed by atoms with Crippen molar-refractivity contribution in [1.82, 2.24) is 5.32 Å². The van der Waals surface area contributed by atoms with Crippen molar-refractivity contribution in [2.75, 3.05) is 32.7 Å². The predicted molar refractivity (Wildman–Crippen MR) is 111 cm³/mol. The molecule has 0 radical (unpaired) electrons. The van der Waals surface area contributed by atoms with E-state index < -0.39 is 30.2 Å². The summed E-state index contributed by atoms with van der Waals surface area (Å²) in [5.41, 5.74) is -0.0226. The van der Waals surface area contributed by atoms with Crippen LogP contribution in [0.5, 0.6) is 11.5 Å². The van der Waals surface area contributed by atoms with Gasteiger partial charge in [-0.25, -0.2) is 0 Å². The monoisotopic (exact) mass is 453 g/mol. The van der Waals surface area contributed by atoms with E-state index in [9.17, 15) is 22.8 Å². The molecular formula is C21H22F3N3O5. The first-order valence-corrected chi connectivity index (χ1v) is 9.34. The average molecular weight is 453 g/mol. The fourth-order valence-corrected chi connectivity index (χ4v) is 2.56. The summed E-state index contributed by atoms with van der Waals surface area (Å²) < 4.78 is 48.4. The number of methoxy groups -OCH3 is 2. The van der Waals surface area contributed by atoms with Gasteiger partial charge in [0.25, 0.3) is 11.8 Å². The molecule has 0 aliphatic carbocycles. The number of hydrogen-bond acceptors (Lipinski definition) is 6. The van der Waals surface area contributed by atoms with E-state index in [1.165, 1.54) is 26.4 Å². The van der Waals surface area contributed by atoms with Crippen molar-refractivity contribution in [3.05, 3.63) is 53.6 Å². The molecule has 0 aliphatic rings. The smallest absolute Gasteiger partial charge is 0.416 e. The third-order valence-corrected chi connectivity index (χ3v) is 4.08. The Morgan fingerprint density at radius 3 is 2.50 bits per heavy atom. The Labute approximate surface area is 182 Å². The molecule has 0 fully saturated rings. The van der Waals surface area contributed by atoms with Crippen molar-refractivity contribution in [3.8, 4) is 11.5 Å². The second-order valence-electron chi connectivity index (χ2n) is 6.37. The number of alkyl halides is 3. The topological polar surface area (TPSA) is 98.3 Å². The summed E-state index contributed by atoms with van der Waals surface area (Å²) in [4.78, 5) is 28.2. The van der Waals surface area contributed by atoms with Crippen molar-refractivity contribution < 1.29 is 37.1 Å². The van der Waals surface area contributed by atoms with Crippen molar-refractivity contribution in [3.63, 3.8) is 0 Å². The molecule has 0 spiro atoms. The van der Waals surface area contributed by atoms with Gasteiger partial charge in [-0.15, -0.1) is 0 Å². The van der Waals surface area contributed by atoms with Crippen molar-refractivity contribution in [2.45, 2.75) is 12.6 Å². The van der Waals surface area contributed by atoms with Gasteiger partial charge in [-0.1, -0.05) is 17.3 Å². The number of anilines is 1. The third kappa shape index (κ3) is 7.82. The van der Waals surface area contributed by atoms with Crippen LogP contribution in [-0.4, -0.2) is 45.4 Å². The van der Waals surface area contributed by atoms with Gasteiger partial charge >= 0.3 is 6.18 Å². The lowest BCUT2D eigenvalue weighted by Gasteiger charge is -2.10. The molecule has 2 rings (SSSR count). The quantitative estimate of drug-likeness (QED) is 0.426. The SMILES string of the molecule is COc1ccc(CCNC(=O)CO/N=C\C(=O)Nc2cccc(C(F)(F)F)c2)cc1OC. The van der Waals surface area contributed by atoms with E-state index >= 15 is 0 Å². The number of nitrogens with zero attached hydrogens (tertiary/aromatic N) is 1. The number of ether oxygens (including phenoxy) is 2. The number of halogens is 3. The van der Waals surface area contributed by atoms with Gasteiger partial charge in [0, 0.05) is 12.2 Å². The molecule has 172 valence electrons. The Morgan fingerprint density at radius 2 is 1.81 bits per heavy atom.